The van der Waals surface area contributed by atoms with Gasteiger partial charge in [0, 0.05) is 18.5 Å². The Labute approximate surface area is 178 Å². The van der Waals surface area contributed by atoms with Crippen LogP contribution in [0.4, 0.5) is 0 Å². The Hall–Kier alpha value is -3.26. The van der Waals surface area contributed by atoms with Crippen LogP contribution in [0.15, 0.2) is 60.4 Å². The van der Waals surface area contributed by atoms with Crippen molar-refractivity contribution in [1.82, 2.24) is 14.9 Å². The molecule has 2 aromatic heterocycles. The van der Waals surface area contributed by atoms with Crippen LogP contribution < -0.4 is 9.67 Å². The van der Waals surface area contributed by atoms with Gasteiger partial charge in [0.2, 0.25) is 18.0 Å². The zero-order valence-electron chi connectivity index (χ0n) is 16.8. The maximum atomic E-state index is 13.4. The number of aryl methyl sites for hydroxylation is 3. The Morgan fingerprint density at radius 1 is 1.30 bits per heavy atom. The van der Waals surface area contributed by atoms with E-state index in [-0.39, 0.29) is 5.57 Å². The summed E-state index contributed by atoms with van der Waals surface area (Å²) in [5.74, 6) is -1.73. The maximum Gasteiger partial charge on any atom is 0.241 e. The molecule has 0 saturated heterocycles. The second-order valence-electron chi connectivity index (χ2n) is 7.23. The molecule has 0 spiro atoms. The van der Waals surface area contributed by atoms with Gasteiger partial charge in [-0.15, -0.1) is 11.3 Å². The minimum absolute atomic E-state index is 0.0206. The number of Topliss-reactive ketones (excluding diaryl/α,β-unsaturated/α-hetero) is 1. The van der Waals surface area contributed by atoms with E-state index in [1.165, 1.54) is 16.2 Å². The van der Waals surface area contributed by atoms with Crippen molar-refractivity contribution in [2.75, 3.05) is 6.54 Å². The van der Waals surface area contributed by atoms with Gasteiger partial charge >= 0.3 is 0 Å². The number of benzene rings is 1. The highest BCUT2D eigenvalue weighted by Crippen LogP contribution is 2.39. The minimum atomic E-state index is -0.714. The fourth-order valence-electron chi connectivity index (χ4n) is 3.83. The van der Waals surface area contributed by atoms with Crippen molar-refractivity contribution in [3.8, 4) is 0 Å². The lowest BCUT2D eigenvalue weighted by atomic mass is 9.95. The number of carbonyl (C=O) groups excluding carboxylic acids is 2. The van der Waals surface area contributed by atoms with Crippen LogP contribution in [0.25, 0.3) is 0 Å². The van der Waals surface area contributed by atoms with Crippen molar-refractivity contribution in [1.29, 1.82) is 0 Å². The molecule has 1 atom stereocenters. The predicted molar refractivity (Wildman–Crippen MR) is 109 cm³/mol. The second-order valence-corrected chi connectivity index (χ2v) is 8.44. The fourth-order valence-corrected chi connectivity index (χ4v) is 4.70. The zero-order chi connectivity index (χ0) is 21.3. The number of carbonyl (C=O) groups is 2. The number of ketones is 1. The second kappa shape index (κ2) is 8.23. The van der Waals surface area contributed by atoms with E-state index in [0.717, 1.165) is 10.6 Å². The summed E-state index contributed by atoms with van der Waals surface area (Å²) in [5, 5.41) is 13.7. The topological polar surface area (TPSA) is 93.0 Å². The number of aromatic amines is 1. The molecule has 1 aliphatic heterocycles. The summed E-state index contributed by atoms with van der Waals surface area (Å²) in [4.78, 5) is 35.5. The smallest absolute Gasteiger partial charge is 0.241 e. The van der Waals surface area contributed by atoms with Gasteiger partial charge in [-0.05, 0) is 25.2 Å². The van der Waals surface area contributed by atoms with Crippen molar-refractivity contribution in [2.45, 2.75) is 32.9 Å². The molecular weight excluding hydrogens is 400 g/mol. The van der Waals surface area contributed by atoms with Crippen LogP contribution in [-0.2, 0) is 11.3 Å². The van der Waals surface area contributed by atoms with Gasteiger partial charge in [0.1, 0.15) is 12.4 Å². The molecule has 0 bridgehead atoms. The van der Waals surface area contributed by atoms with Crippen LogP contribution >= 0.6 is 11.3 Å². The lowest BCUT2D eigenvalue weighted by molar-refractivity contribution is -0.695. The van der Waals surface area contributed by atoms with Crippen LogP contribution in [0.5, 0.6) is 0 Å². The Morgan fingerprint density at radius 3 is 2.70 bits per heavy atom. The number of thiazole rings is 1. The predicted octanol–water partition coefficient (Wildman–Crippen LogP) is 1.85. The number of hydrogen-bond donors (Lipinski definition) is 1. The first kappa shape index (κ1) is 20.0. The van der Waals surface area contributed by atoms with Gasteiger partial charge < -0.3 is 10.0 Å². The molecule has 1 aliphatic rings. The molecular formula is C22H22N4O3S. The molecule has 3 heterocycles. The van der Waals surface area contributed by atoms with E-state index in [1.807, 2.05) is 60.5 Å². The van der Waals surface area contributed by atoms with Gasteiger partial charge in [0.15, 0.2) is 0 Å². The molecule has 30 heavy (non-hydrogen) atoms. The molecule has 0 fully saturated rings. The van der Waals surface area contributed by atoms with Gasteiger partial charge in [0.25, 0.3) is 0 Å². The van der Waals surface area contributed by atoms with Crippen LogP contribution in [-0.4, -0.2) is 33.1 Å². The van der Waals surface area contributed by atoms with Gasteiger partial charge in [-0.25, -0.2) is 9.55 Å². The number of aromatic nitrogens is 3. The number of amides is 1. The van der Waals surface area contributed by atoms with E-state index in [9.17, 15) is 14.7 Å². The molecule has 1 N–H and O–H groups in total. The quantitative estimate of drug-likeness (QED) is 0.465. The van der Waals surface area contributed by atoms with E-state index >= 15 is 0 Å². The minimum Gasteiger partial charge on any atom is -0.868 e. The fraction of sp³-hybridized carbons (Fsp3) is 0.273. The molecule has 8 heteroatoms. The van der Waals surface area contributed by atoms with Gasteiger partial charge in [-0.1, -0.05) is 30.3 Å². The number of hydrogen-bond acceptors (Lipinski definition) is 5. The molecule has 0 aliphatic carbocycles. The Bertz CT molecular complexity index is 1100. The van der Waals surface area contributed by atoms with E-state index in [4.69, 9.17) is 0 Å². The Morgan fingerprint density at radius 2 is 2.07 bits per heavy atom. The Balaban J connectivity index is 1.67. The van der Waals surface area contributed by atoms with Crippen molar-refractivity contribution in [3.05, 3.63) is 81.5 Å². The lowest BCUT2D eigenvalue weighted by Crippen LogP contribution is -2.37. The zero-order valence-corrected chi connectivity index (χ0v) is 17.6. The summed E-state index contributed by atoms with van der Waals surface area (Å²) in [5.41, 5.74) is 1.37. The first-order valence-corrected chi connectivity index (χ1v) is 10.6. The van der Waals surface area contributed by atoms with Gasteiger partial charge in [-0.2, -0.15) is 0 Å². The summed E-state index contributed by atoms with van der Waals surface area (Å²) in [6, 6.07) is 8.58. The highest BCUT2D eigenvalue weighted by atomic mass is 32.1. The van der Waals surface area contributed by atoms with Crippen molar-refractivity contribution < 1.29 is 19.3 Å². The highest BCUT2D eigenvalue weighted by Gasteiger charge is 2.40. The van der Waals surface area contributed by atoms with Crippen molar-refractivity contribution >= 4 is 23.0 Å². The molecule has 154 valence electrons. The van der Waals surface area contributed by atoms with Crippen molar-refractivity contribution in [2.24, 2.45) is 0 Å². The summed E-state index contributed by atoms with van der Waals surface area (Å²) in [7, 11) is 0. The first-order valence-electron chi connectivity index (χ1n) is 9.75. The number of nitrogens with zero attached hydrogens (tertiary/aromatic N) is 3. The molecule has 3 aromatic rings. The number of nitrogens with one attached hydrogen (secondary N) is 1. The third-order valence-corrected chi connectivity index (χ3v) is 6.24. The lowest BCUT2D eigenvalue weighted by Gasteiger charge is -2.27. The maximum absolute atomic E-state index is 13.4. The number of rotatable bonds is 7. The highest BCUT2D eigenvalue weighted by molar-refractivity contribution is 7.14. The monoisotopic (exact) mass is 422 g/mol. The summed E-state index contributed by atoms with van der Waals surface area (Å²) in [6.07, 6.45) is 6.22. The summed E-state index contributed by atoms with van der Waals surface area (Å²) >= 11 is 1.26. The molecule has 0 saturated carbocycles. The van der Waals surface area contributed by atoms with Gasteiger partial charge in [-0.3, -0.25) is 14.6 Å². The van der Waals surface area contributed by atoms with Crippen molar-refractivity contribution in [3.63, 3.8) is 0 Å². The van der Waals surface area contributed by atoms with E-state index in [1.54, 1.807) is 6.92 Å². The Kier molecular flexibility index (Phi) is 5.50. The molecule has 1 aromatic carbocycles. The molecule has 4 rings (SSSR count). The molecule has 7 nitrogen and oxygen atoms in total. The number of H-pyrrole nitrogens is 1. The normalized spacial score (nSPS) is 16.5. The first-order chi connectivity index (χ1) is 14.5. The van der Waals surface area contributed by atoms with E-state index < -0.39 is 23.5 Å². The summed E-state index contributed by atoms with van der Waals surface area (Å²) in [6.45, 7) is 4.64. The standard InChI is InChI=1S/C22H22N4O3S/c1-14-21(30-15(2)24-14)19(27)17-18(16-7-4-3-5-8-16)26(22(29)20(17)28)11-6-10-25-12-9-23-13-25/h3-5,7-9,12-13,18H,6,10-11H2,1-2H3,(H,27,28). The molecule has 1 amide bonds. The largest absolute Gasteiger partial charge is 0.868 e. The summed E-state index contributed by atoms with van der Waals surface area (Å²) < 4.78 is 1.97. The average Bonchev–Trinajstić information content (AvgIpc) is 3.43. The SMILES string of the molecule is Cc1nc(C)c(C(=O)C2=C([O-])C(=O)N(CCC[n+]3cc[nH]c3)C2c2ccccc2)s1. The third kappa shape index (κ3) is 3.66. The van der Waals surface area contributed by atoms with E-state index in [0.29, 0.717) is 30.1 Å². The average molecular weight is 423 g/mol. The number of imidazole rings is 1. The third-order valence-electron chi connectivity index (χ3n) is 5.17. The van der Waals surface area contributed by atoms with Crippen LogP contribution in [0.3, 0.4) is 0 Å². The van der Waals surface area contributed by atoms with Gasteiger partial charge in [0.05, 0.1) is 28.2 Å². The molecule has 1 unspecified atom stereocenters. The van der Waals surface area contributed by atoms with E-state index in [2.05, 4.69) is 9.97 Å². The van der Waals surface area contributed by atoms with Crippen LogP contribution in [0.2, 0.25) is 0 Å². The molecule has 0 radical (unpaired) electrons. The van der Waals surface area contributed by atoms with Crippen LogP contribution in [0, 0.1) is 13.8 Å². The van der Waals surface area contributed by atoms with Crippen LogP contribution in [0.1, 0.15) is 38.4 Å².